The summed E-state index contributed by atoms with van der Waals surface area (Å²) in [6, 6.07) is 4.25. The summed E-state index contributed by atoms with van der Waals surface area (Å²) in [5.41, 5.74) is 2.26. The molecule has 1 aliphatic carbocycles. The first-order valence-electron chi connectivity index (χ1n) is 13.5. The lowest BCUT2D eigenvalue weighted by atomic mass is 9.73. The highest BCUT2D eigenvalue weighted by molar-refractivity contribution is 6.30. The van der Waals surface area contributed by atoms with Crippen LogP contribution in [0.25, 0.3) is 16.9 Å². The number of rotatable bonds is 6. The van der Waals surface area contributed by atoms with Crippen LogP contribution in [0.15, 0.2) is 30.9 Å². The number of aromatic nitrogens is 6. The molecule has 1 saturated carbocycles. The first-order valence-corrected chi connectivity index (χ1v) is 13.9. The molecule has 40 heavy (non-hydrogen) atoms. The minimum absolute atomic E-state index is 0.0228. The zero-order valence-corrected chi connectivity index (χ0v) is 23.9. The maximum absolute atomic E-state index is 14.5. The van der Waals surface area contributed by atoms with Crippen LogP contribution >= 0.6 is 11.6 Å². The summed E-state index contributed by atoms with van der Waals surface area (Å²) in [4.78, 5) is 16.2. The Morgan fingerprint density at radius 3 is 2.52 bits per heavy atom. The molecule has 4 atom stereocenters. The fourth-order valence-electron chi connectivity index (χ4n) is 6.27. The van der Waals surface area contributed by atoms with Crippen molar-refractivity contribution in [3.8, 4) is 0 Å². The molecular weight excluding hydrogens is 543 g/mol. The molecule has 9 nitrogen and oxygen atoms in total. The molecule has 3 aromatic heterocycles. The molecule has 0 amide bonds. The summed E-state index contributed by atoms with van der Waals surface area (Å²) >= 11 is 5.96. The van der Waals surface area contributed by atoms with E-state index in [1.54, 1.807) is 12.4 Å². The van der Waals surface area contributed by atoms with Gasteiger partial charge in [0.05, 0.1) is 17.5 Å². The molecular formula is C27H33ClF3N9. The summed E-state index contributed by atoms with van der Waals surface area (Å²) in [5, 5.41) is 8.36. The fraction of sp³-hybridized carbons (Fsp3) is 0.556. The number of nitrogens with zero attached hydrogens (tertiary/aromatic N) is 9. The second-order valence-electron chi connectivity index (χ2n) is 11.5. The first kappa shape index (κ1) is 27.2. The van der Waals surface area contributed by atoms with Crippen molar-refractivity contribution in [3.63, 3.8) is 0 Å². The van der Waals surface area contributed by atoms with E-state index in [1.807, 2.05) is 24.8 Å². The highest BCUT2D eigenvalue weighted by Gasteiger charge is 2.51. The molecule has 4 heterocycles. The van der Waals surface area contributed by atoms with E-state index in [-0.39, 0.29) is 48.1 Å². The highest BCUT2D eigenvalue weighted by atomic mass is 35.5. The van der Waals surface area contributed by atoms with E-state index in [0.717, 1.165) is 11.2 Å². The Hall–Kier alpha value is -2.96. The Labute approximate surface area is 235 Å². The van der Waals surface area contributed by atoms with Gasteiger partial charge in [0, 0.05) is 44.1 Å². The van der Waals surface area contributed by atoms with Gasteiger partial charge in [-0.05, 0) is 58.5 Å². The van der Waals surface area contributed by atoms with Gasteiger partial charge in [-0.1, -0.05) is 17.7 Å². The Kier molecular flexibility index (Phi) is 6.70. The van der Waals surface area contributed by atoms with E-state index in [1.165, 1.54) is 12.1 Å². The maximum Gasteiger partial charge on any atom is 0.258 e. The SMILES string of the molecule is CC(N(C)C)n1cnc2c(N3C[C@@H](C)N(C(c4ccc(Cl)c(F)c4)C4CC(F)(F)C4)C[C@@H]3C)nc3nncn3c21. The predicted molar refractivity (Wildman–Crippen MR) is 147 cm³/mol. The van der Waals surface area contributed by atoms with Crippen molar-refractivity contribution in [2.45, 2.75) is 63.8 Å². The number of benzene rings is 1. The van der Waals surface area contributed by atoms with Crippen LogP contribution in [-0.2, 0) is 0 Å². The molecule has 2 fully saturated rings. The normalized spacial score (nSPS) is 23.7. The van der Waals surface area contributed by atoms with Crippen LogP contribution in [0.5, 0.6) is 0 Å². The molecule has 4 aromatic rings. The number of piperazine rings is 1. The molecule has 0 bridgehead atoms. The van der Waals surface area contributed by atoms with Gasteiger partial charge in [0.15, 0.2) is 11.5 Å². The Morgan fingerprint density at radius 1 is 1.10 bits per heavy atom. The number of alkyl halides is 2. The van der Waals surface area contributed by atoms with Crippen LogP contribution in [0.3, 0.4) is 0 Å². The molecule has 214 valence electrons. The Balaban J connectivity index is 1.37. The lowest BCUT2D eigenvalue weighted by Crippen LogP contribution is -2.59. The van der Waals surface area contributed by atoms with Gasteiger partial charge in [-0.15, -0.1) is 10.2 Å². The van der Waals surface area contributed by atoms with E-state index in [4.69, 9.17) is 21.6 Å². The van der Waals surface area contributed by atoms with E-state index in [9.17, 15) is 13.2 Å². The van der Waals surface area contributed by atoms with E-state index < -0.39 is 11.7 Å². The molecule has 0 spiro atoms. The van der Waals surface area contributed by atoms with E-state index >= 15 is 0 Å². The minimum Gasteiger partial charge on any atom is -0.349 e. The topological polar surface area (TPSA) is 70.6 Å². The van der Waals surface area contributed by atoms with Crippen molar-refractivity contribution in [1.29, 1.82) is 0 Å². The summed E-state index contributed by atoms with van der Waals surface area (Å²) in [7, 11) is 4.01. The van der Waals surface area contributed by atoms with Gasteiger partial charge < -0.3 is 4.90 Å². The van der Waals surface area contributed by atoms with Crippen molar-refractivity contribution in [3.05, 3.63) is 47.3 Å². The third-order valence-corrected chi connectivity index (χ3v) is 8.92. The van der Waals surface area contributed by atoms with Gasteiger partial charge in [0.25, 0.3) is 5.78 Å². The molecule has 1 aliphatic heterocycles. The van der Waals surface area contributed by atoms with Crippen molar-refractivity contribution in [1.82, 2.24) is 38.9 Å². The molecule has 2 aliphatic rings. The monoisotopic (exact) mass is 575 g/mol. The standard InChI is InChI=1S/C27H33ClF3N9/c1-15-12-38(24-22-25(40-14-33-35-26(40)34-24)39(13-32-22)17(3)36(4)5)16(2)11-37(15)23(19-9-27(30,31)10-19)18-6-7-20(28)21(29)8-18/h6-8,13-17,19,23H,9-12H2,1-5H3/t15-,16+,17?,23?/m1/s1. The van der Waals surface area contributed by atoms with Crippen molar-refractivity contribution < 1.29 is 13.2 Å². The number of hydrogen-bond donors (Lipinski definition) is 0. The minimum atomic E-state index is -2.68. The number of halogens is 4. The summed E-state index contributed by atoms with van der Waals surface area (Å²) in [5.74, 6) is -2.31. The Morgan fingerprint density at radius 2 is 1.85 bits per heavy atom. The zero-order valence-electron chi connectivity index (χ0n) is 23.1. The molecule has 13 heteroatoms. The molecule has 0 N–H and O–H groups in total. The van der Waals surface area contributed by atoms with Crippen LogP contribution in [0.1, 0.15) is 51.4 Å². The molecule has 0 radical (unpaired) electrons. The summed E-state index contributed by atoms with van der Waals surface area (Å²) in [6.45, 7) is 7.42. The third kappa shape index (κ3) is 4.50. The molecule has 2 unspecified atom stereocenters. The van der Waals surface area contributed by atoms with E-state index in [0.29, 0.717) is 30.2 Å². The molecule has 1 aromatic carbocycles. The van der Waals surface area contributed by atoms with Gasteiger partial charge in [-0.2, -0.15) is 4.98 Å². The largest absolute Gasteiger partial charge is 0.349 e. The van der Waals surface area contributed by atoms with Gasteiger partial charge in [-0.3, -0.25) is 14.4 Å². The smallest absolute Gasteiger partial charge is 0.258 e. The van der Waals surface area contributed by atoms with Crippen LogP contribution in [0, 0.1) is 11.7 Å². The molecule has 1 saturated heterocycles. The van der Waals surface area contributed by atoms with Crippen LogP contribution < -0.4 is 4.90 Å². The average molecular weight is 576 g/mol. The van der Waals surface area contributed by atoms with Crippen molar-refractivity contribution in [2.75, 3.05) is 32.1 Å². The number of hydrogen-bond acceptors (Lipinski definition) is 7. The average Bonchev–Trinajstić information content (AvgIpc) is 3.53. The van der Waals surface area contributed by atoms with E-state index in [2.05, 4.69) is 50.2 Å². The van der Waals surface area contributed by atoms with Gasteiger partial charge in [0.1, 0.15) is 17.7 Å². The second-order valence-corrected chi connectivity index (χ2v) is 12.0. The Bertz CT molecular complexity index is 1550. The maximum atomic E-state index is 14.5. The zero-order chi connectivity index (χ0) is 28.5. The first-order chi connectivity index (χ1) is 18.9. The third-order valence-electron chi connectivity index (χ3n) is 8.61. The quantitative estimate of drug-likeness (QED) is 0.319. The summed E-state index contributed by atoms with van der Waals surface area (Å²) in [6.07, 6.45) is 3.06. The van der Waals surface area contributed by atoms with Crippen molar-refractivity contribution >= 4 is 34.4 Å². The van der Waals surface area contributed by atoms with Gasteiger partial charge in [0.2, 0.25) is 5.92 Å². The number of fused-ring (bicyclic) bond motifs is 3. The second kappa shape index (κ2) is 9.85. The lowest BCUT2D eigenvalue weighted by Gasteiger charge is -2.52. The number of anilines is 1. The number of imidazole rings is 1. The summed E-state index contributed by atoms with van der Waals surface area (Å²) < 4.78 is 46.5. The van der Waals surface area contributed by atoms with Crippen LogP contribution in [0.2, 0.25) is 5.02 Å². The van der Waals surface area contributed by atoms with Crippen LogP contribution in [-0.4, -0.2) is 84.1 Å². The van der Waals surface area contributed by atoms with Crippen molar-refractivity contribution in [2.24, 2.45) is 5.92 Å². The van der Waals surface area contributed by atoms with Crippen LogP contribution in [0.4, 0.5) is 19.0 Å². The van der Waals surface area contributed by atoms with Gasteiger partial charge >= 0.3 is 0 Å². The predicted octanol–water partition coefficient (Wildman–Crippen LogP) is 5.03. The molecule has 6 rings (SSSR count). The fourth-order valence-corrected chi connectivity index (χ4v) is 6.39. The highest BCUT2D eigenvalue weighted by Crippen LogP contribution is 2.51. The van der Waals surface area contributed by atoms with Gasteiger partial charge in [-0.25, -0.2) is 22.6 Å². The lowest BCUT2D eigenvalue weighted by molar-refractivity contribution is -0.137.